The van der Waals surface area contributed by atoms with Crippen molar-refractivity contribution in [3.8, 4) is 0 Å². The number of hydrogen-bond acceptors (Lipinski definition) is 4. The van der Waals surface area contributed by atoms with Crippen LogP contribution in [0, 0.1) is 6.92 Å². The summed E-state index contributed by atoms with van der Waals surface area (Å²) >= 11 is 0. The summed E-state index contributed by atoms with van der Waals surface area (Å²) in [6.07, 6.45) is 0. The van der Waals surface area contributed by atoms with Crippen LogP contribution in [0.1, 0.15) is 21.5 Å². The molecule has 0 aliphatic heterocycles. The molecule has 0 aliphatic rings. The summed E-state index contributed by atoms with van der Waals surface area (Å²) in [5.74, 6) is -0.418. The standard InChI is InChI=1S/C17H20N2O2/c1-12-5-4-6-13(9-12)11-19(2)14-7-8-16(18)15(10-14)17(20)21-3/h4-10H,11,18H2,1-3H3. The number of methoxy groups -OCH3 is 1. The topological polar surface area (TPSA) is 55.6 Å². The number of benzene rings is 2. The van der Waals surface area contributed by atoms with Crippen LogP contribution in [0.25, 0.3) is 0 Å². The molecule has 21 heavy (non-hydrogen) atoms. The lowest BCUT2D eigenvalue weighted by atomic mass is 10.1. The minimum absolute atomic E-state index is 0.395. The number of aryl methyl sites for hydroxylation is 1. The van der Waals surface area contributed by atoms with Gasteiger partial charge in [-0.1, -0.05) is 29.8 Å². The smallest absolute Gasteiger partial charge is 0.340 e. The molecule has 2 N–H and O–H groups in total. The van der Waals surface area contributed by atoms with E-state index in [1.165, 1.54) is 18.2 Å². The Morgan fingerprint density at radius 3 is 2.67 bits per heavy atom. The fourth-order valence-corrected chi connectivity index (χ4v) is 2.24. The van der Waals surface area contributed by atoms with E-state index in [0.717, 1.165) is 12.2 Å². The van der Waals surface area contributed by atoms with Gasteiger partial charge in [0.2, 0.25) is 0 Å². The lowest BCUT2D eigenvalue weighted by Gasteiger charge is -2.20. The van der Waals surface area contributed by atoms with Crippen molar-refractivity contribution in [3.05, 3.63) is 59.2 Å². The van der Waals surface area contributed by atoms with Crippen LogP contribution in [0.15, 0.2) is 42.5 Å². The zero-order valence-corrected chi connectivity index (χ0v) is 12.6. The molecular formula is C17H20N2O2. The average molecular weight is 284 g/mol. The second kappa shape index (κ2) is 6.31. The largest absolute Gasteiger partial charge is 0.465 e. The van der Waals surface area contributed by atoms with Gasteiger partial charge in [-0.3, -0.25) is 0 Å². The molecule has 0 fully saturated rings. The summed E-state index contributed by atoms with van der Waals surface area (Å²) in [6, 6.07) is 13.7. The molecule has 0 radical (unpaired) electrons. The SMILES string of the molecule is COC(=O)c1cc(N(C)Cc2cccc(C)c2)ccc1N. The summed E-state index contributed by atoms with van der Waals surface area (Å²) in [4.78, 5) is 13.8. The fourth-order valence-electron chi connectivity index (χ4n) is 2.24. The third-order valence-electron chi connectivity index (χ3n) is 3.39. The van der Waals surface area contributed by atoms with Crippen molar-refractivity contribution in [2.75, 3.05) is 24.8 Å². The van der Waals surface area contributed by atoms with Crippen LogP contribution < -0.4 is 10.6 Å². The van der Waals surface area contributed by atoms with Crippen LogP contribution in [0.5, 0.6) is 0 Å². The zero-order chi connectivity index (χ0) is 15.4. The first kappa shape index (κ1) is 14.9. The highest BCUT2D eigenvalue weighted by Gasteiger charge is 2.12. The van der Waals surface area contributed by atoms with Crippen LogP contribution >= 0.6 is 0 Å². The molecule has 4 nitrogen and oxygen atoms in total. The van der Waals surface area contributed by atoms with Gasteiger partial charge in [-0.15, -0.1) is 0 Å². The first-order chi connectivity index (χ1) is 10.0. The number of ether oxygens (including phenoxy) is 1. The van der Waals surface area contributed by atoms with Gasteiger partial charge in [0.1, 0.15) is 0 Å². The fraction of sp³-hybridized carbons (Fsp3) is 0.235. The molecule has 0 spiro atoms. The van der Waals surface area contributed by atoms with Gasteiger partial charge in [-0.2, -0.15) is 0 Å². The molecule has 0 saturated carbocycles. The van der Waals surface area contributed by atoms with Crippen molar-refractivity contribution in [2.24, 2.45) is 0 Å². The Labute approximate surface area is 125 Å². The highest BCUT2D eigenvalue weighted by atomic mass is 16.5. The Kier molecular flexibility index (Phi) is 4.48. The molecule has 0 aromatic heterocycles. The molecule has 0 unspecified atom stereocenters. The number of carbonyl (C=O) groups excluding carboxylic acids is 1. The second-order valence-electron chi connectivity index (χ2n) is 5.11. The van der Waals surface area contributed by atoms with Crippen LogP contribution in [0.2, 0.25) is 0 Å². The summed E-state index contributed by atoms with van der Waals surface area (Å²) in [5.41, 5.74) is 10.0. The van der Waals surface area contributed by atoms with Gasteiger partial charge < -0.3 is 15.4 Å². The van der Waals surface area contributed by atoms with Crippen molar-refractivity contribution in [1.29, 1.82) is 0 Å². The predicted octanol–water partition coefficient (Wildman–Crippen LogP) is 3.00. The lowest BCUT2D eigenvalue weighted by Crippen LogP contribution is -2.17. The van der Waals surface area contributed by atoms with Crippen molar-refractivity contribution >= 4 is 17.3 Å². The molecule has 2 aromatic rings. The summed E-state index contributed by atoms with van der Waals surface area (Å²) in [6.45, 7) is 2.83. The first-order valence-corrected chi connectivity index (χ1v) is 6.76. The molecule has 2 rings (SSSR count). The van der Waals surface area contributed by atoms with Gasteiger partial charge in [-0.05, 0) is 30.7 Å². The summed E-state index contributed by atoms with van der Waals surface area (Å²) in [5, 5.41) is 0. The van der Waals surface area contributed by atoms with E-state index >= 15 is 0 Å². The van der Waals surface area contributed by atoms with Gasteiger partial charge in [-0.25, -0.2) is 4.79 Å². The van der Waals surface area contributed by atoms with Gasteiger partial charge in [0.15, 0.2) is 0 Å². The van der Waals surface area contributed by atoms with Crippen molar-refractivity contribution in [1.82, 2.24) is 0 Å². The van der Waals surface area contributed by atoms with Crippen LogP contribution in [0.3, 0.4) is 0 Å². The quantitative estimate of drug-likeness (QED) is 0.692. The highest BCUT2D eigenvalue weighted by Crippen LogP contribution is 2.22. The maximum atomic E-state index is 11.7. The Morgan fingerprint density at radius 2 is 2.00 bits per heavy atom. The van der Waals surface area contributed by atoms with Crippen molar-refractivity contribution in [2.45, 2.75) is 13.5 Å². The number of rotatable bonds is 4. The van der Waals surface area contributed by atoms with Crippen molar-refractivity contribution in [3.63, 3.8) is 0 Å². The van der Waals surface area contributed by atoms with E-state index in [0.29, 0.717) is 11.3 Å². The van der Waals surface area contributed by atoms with E-state index in [1.54, 1.807) is 12.1 Å². The minimum atomic E-state index is -0.418. The van der Waals surface area contributed by atoms with E-state index in [1.807, 2.05) is 19.2 Å². The molecule has 4 heteroatoms. The Hall–Kier alpha value is -2.49. The molecule has 0 saturated heterocycles. The second-order valence-corrected chi connectivity index (χ2v) is 5.11. The summed E-state index contributed by atoms with van der Waals surface area (Å²) < 4.78 is 4.75. The number of nitrogen functional groups attached to an aromatic ring is 1. The highest BCUT2D eigenvalue weighted by molar-refractivity contribution is 5.96. The first-order valence-electron chi connectivity index (χ1n) is 6.76. The van der Waals surface area contributed by atoms with Crippen LogP contribution in [-0.2, 0) is 11.3 Å². The number of carbonyl (C=O) groups is 1. The molecule has 2 aromatic carbocycles. The van der Waals surface area contributed by atoms with E-state index < -0.39 is 5.97 Å². The number of esters is 1. The van der Waals surface area contributed by atoms with Gasteiger partial charge in [0.05, 0.1) is 12.7 Å². The minimum Gasteiger partial charge on any atom is -0.465 e. The number of nitrogens with zero attached hydrogens (tertiary/aromatic N) is 1. The van der Waals surface area contributed by atoms with E-state index in [-0.39, 0.29) is 0 Å². The van der Waals surface area contributed by atoms with E-state index in [2.05, 4.69) is 30.0 Å². The summed E-state index contributed by atoms with van der Waals surface area (Å²) in [7, 11) is 3.33. The maximum absolute atomic E-state index is 11.7. The van der Waals surface area contributed by atoms with Crippen LogP contribution in [0.4, 0.5) is 11.4 Å². The van der Waals surface area contributed by atoms with E-state index in [9.17, 15) is 4.79 Å². The molecule has 0 amide bonds. The predicted molar refractivity (Wildman–Crippen MR) is 85.5 cm³/mol. The Bertz CT molecular complexity index is 653. The molecule has 110 valence electrons. The number of anilines is 2. The molecule has 0 heterocycles. The van der Waals surface area contributed by atoms with Gasteiger partial charge in [0, 0.05) is 25.0 Å². The Balaban J connectivity index is 2.23. The average Bonchev–Trinajstić information content (AvgIpc) is 2.47. The Morgan fingerprint density at radius 1 is 1.24 bits per heavy atom. The number of hydrogen-bond donors (Lipinski definition) is 1. The maximum Gasteiger partial charge on any atom is 0.340 e. The normalized spacial score (nSPS) is 10.2. The van der Waals surface area contributed by atoms with Gasteiger partial charge in [0.25, 0.3) is 0 Å². The molecule has 0 atom stereocenters. The van der Waals surface area contributed by atoms with Gasteiger partial charge >= 0.3 is 5.97 Å². The third kappa shape index (κ3) is 3.54. The van der Waals surface area contributed by atoms with E-state index in [4.69, 9.17) is 10.5 Å². The third-order valence-corrected chi connectivity index (χ3v) is 3.39. The van der Waals surface area contributed by atoms with Crippen LogP contribution in [-0.4, -0.2) is 20.1 Å². The van der Waals surface area contributed by atoms with Crippen molar-refractivity contribution < 1.29 is 9.53 Å². The molecule has 0 aliphatic carbocycles. The lowest BCUT2D eigenvalue weighted by molar-refractivity contribution is 0.0602. The molecular weight excluding hydrogens is 264 g/mol. The zero-order valence-electron chi connectivity index (χ0n) is 12.6. The molecule has 0 bridgehead atoms. The number of nitrogens with two attached hydrogens (primary N) is 1. The monoisotopic (exact) mass is 284 g/mol.